The second-order valence-corrected chi connectivity index (χ2v) is 5.32. The van der Waals surface area contributed by atoms with Crippen LogP contribution in [0.5, 0.6) is 0 Å². The van der Waals surface area contributed by atoms with Gasteiger partial charge in [-0.2, -0.15) is 0 Å². The zero-order valence-corrected chi connectivity index (χ0v) is 11.3. The summed E-state index contributed by atoms with van der Waals surface area (Å²) < 4.78 is 0. The minimum atomic E-state index is -0.761. The maximum atomic E-state index is 12.1. The SMILES string of the molecule is Cc1ccc(C(=O)NC2CCC(C(=O)O)C2)cc1C. The molecule has 0 aromatic heterocycles. The molecule has 1 fully saturated rings. The Hall–Kier alpha value is -1.84. The lowest BCUT2D eigenvalue weighted by Gasteiger charge is -2.13. The van der Waals surface area contributed by atoms with Crippen molar-refractivity contribution in [3.8, 4) is 0 Å². The van der Waals surface area contributed by atoms with Gasteiger partial charge in [-0.15, -0.1) is 0 Å². The highest BCUT2D eigenvalue weighted by Crippen LogP contribution is 2.26. The van der Waals surface area contributed by atoms with Crippen LogP contribution in [-0.2, 0) is 4.79 Å². The number of carboxylic acids is 1. The van der Waals surface area contributed by atoms with Crippen molar-refractivity contribution >= 4 is 11.9 Å². The summed E-state index contributed by atoms with van der Waals surface area (Å²) in [5, 5.41) is 11.9. The molecule has 0 bridgehead atoms. The molecule has 0 heterocycles. The van der Waals surface area contributed by atoms with Gasteiger partial charge in [-0.3, -0.25) is 9.59 Å². The van der Waals surface area contributed by atoms with Crippen LogP contribution >= 0.6 is 0 Å². The van der Waals surface area contributed by atoms with E-state index in [1.807, 2.05) is 26.0 Å². The summed E-state index contributed by atoms with van der Waals surface area (Å²) in [5.74, 6) is -1.19. The van der Waals surface area contributed by atoms with E-state index in [4.69, 9.17) is 5.11 Å². The molecule has 4 heteroatoms. The first-order valence-electron chi connectivity index (χ1n) is 6.58. The normalized spacial score (nSPS) is 22.2. The molecule has 4 nitrogen and oxygen atoms in total. The third kappa shape index (κ3) is 3.13. The smallest absolute Gasteiger partial charge is 0.306 e. The summed E-state index contributed by atoms with van der Waals surface area (Å²) in [6.07, 6.45) is 1.92. The van der Waals surface area contributed by atoms with Crippen LogP contribution in [0.3, 0.4) is 0 Å². The lowest BCUT2D eigenvalue weighted by Crippen LogP contribution is -2.33. The summed E-state index contributed by atoms with van der Waals surface area (Å²) in [7, 11) is 0. The number of carbonyl (C=O) groups is 2. The fraction of sp³-hybridized carbons (Fsp3) is 0.467. The van der Waals surface area contributed by atoms with Crippen molar-refractivity contribution in [2.75, 3.05) is 0 Å². The molecule has 2 rings (SSSR count). The summed E-state index contributed by atoms with van der Waals surface area (Å²) in [5.41, 5.74) is 2.88. The van der Waals surface area contributed by atoms with Crippen molar-refractivity contribution in [3.63, 3.8) is 0 Å². The minimum absolute atomic E-state index is 0.0183. The molecule has 19 heavy (non-hydrogen) atoms. The van der Waals surface area contributed by atoms with Gasteiger partial charge in [0.2, 0.25) is 0 Å². The number of carboxylic acid groups (broad SMARTS) is 1. The van der Waals surface area contributed by atoms with E-state index < -0.39 is 5.97 Å². The highest BCUT2D eigenvalue weighted by Gasteiger charge is 2.30. The molecule has 1 amide bonds. The van der Waals surface area contributed by atoms with E-state index in [-0.39, 0.29) is 17.9 Å². The number of aliphatic carboxylic acids is 1. The van der Waals surface area contributed by atoms with Crippen molar-refractivity contribution in [3.05, 3.63) is 34.9 Å². The van der Waals surface area contributed by atoms with Gasteiger partial charge < -0.3 is 10.4 Å². The number of benzene rings is 1. The largest absolute Gasteiger partial charge is 0.481 e. The predicted molar refractivity (Wildman–Crippen MR) is 72.1 cm³/mol. The van der Waals surface area contributed by atoms with Gasteiger partial charge in [-0.25, -0.2) is 0 Å². The van der Waals surface area contributed by atoms with Crippen LogP contribution in [0, 0.1) is 19.8 Å². The second kappa shape index (κ2) is 5.43. The zero-order valence-electron chi connectivity index (χ0n) is 11.3. The Kier molecular flexibility index (Phi) is 3.88. The Bertz CT molecular complexity index is 510. The number of rotatable bonds is 3. The van der Waals surface area contributed by atoms with Crippen LogP contribution in [0.1, 0.15) is 40.7 Å². The van der Waals surface area contributed by atoms with Gasteiger partial charge in [0.15, 0.2) is 0 Å². The van der Waals surface area contributed by atoms with Crippen molar-refractivity contribution in [1.82, 2.24) is 5.32 Å². The molecule has 102 valence electrons. The molecule has 1 aliphatic rings. The van der Waals surface area contributed by atoms with E-state index in [9.17, 15) is 9.59 Å². The lowest BCUT2D eigenvalue weighted by atomic mass is 10.1. The van der Waals surface area contributed by atoms with Crippen LogP contribution in [0.2, 0.25) is 0 Å². The molecule has 1 aromatic rings. The van der Waals surface area contributed by atoms with Gasteiger partial charge in [-0.05, 0) is 56.4 Å². The molecule has 0 saturated heterocycles. The Morgan fingerprint density at radius 1 is 1.21 bits per heavy atom. The van der Waals surface area contributed by atoms with Crippen molar-refractivity contribution < 1.29 is 14.7 Å². The van der Waals surface area contributed by atoms with Crippen LogP contribution in [-0.4, -0.2) is 23.0 Å². The summed E-state index contributed by atoms with van der Waals surface area (Å²) in [6.45, 7) is 3.98. The standard InChI is InChI=1S/C15H19NO3/c1-9-3-4-11(7-10(9)2)14(17)16-13-6-5-12(8-13)15(18)19/h3-4,7,12-13H,5-6,8H2,1-2H3,(H,16,17)(H,18,19). The molecule has 2 N–H and O–H groups in total. The van der Waals surface area contributed by atoms with Crippen LogP contribution in [0.15, 0.2) is 18.2 Å². The molecule has 1 aliphatic carbocycles. The molecular formula is C15H19NO3. The van der Waals surface area contributed by atoms with Crippen molar-refractivity contribution in [1.29, 1.82) is 0 Å². The molecule has 2 atom stereocenters. The molecule has 1 saturated carbocycles. The first kappa shape index (κ1) is 13.6. The highest BCUT2D eigenvalue weighted by molar-refractivity contribution is 5.94. The Morgan fingerprint density at radius 3 is 2.53 bits per heavy atom. The maximum Gasteiger partial charge on any atom is 0.306 e. The van der Waals surface area contributed by atoms with Crippen molar-refractivity contribution in [2.45, 2.75) is 39.2 Å². The highest BCUT2D eigenvalue weighted by atomic mass is 16.4. The van der Waals surface area contributed by atoms with Crippen LogP contribution in [0.4, 0.5) is 0 Å². The van der Waals surface area contributed by atoms with E-state index in [0.29, 0.717) is 18.4 Å². The molecule has 1 aromatic carbocycles. The predicted octanol–water partition coefficient (Wildman–Crippen LogP) is 2.29. The average Bonchev–Trinajstić information content (AvgIpc) is 2.81. The number of hydrogen-bond donors (Lipinski definition) is 2. The Balaban J connectivity index is 1.98. The lowest BCUT2D eigenvalue weighted by molar-refractivity contribution is -0.141. The van der Waals surface area contributed by atoms with Gasteiger partial charge in [-0.1, -0.05) is 6.07 Å². The molecule has 0 aliphatic heterocycles. The number of aryl methyl sites for hydroxylation is 2. The van der Waals surface area contributed by atoms with Crippen LogP contribution < -0.4 is 5.32 Å². The van der Waals surface area contributed by atoms with Crippen LogP contribution in [0.25, 0.3) is 0 Å². The first-order chi connectivity index (χ1) is 8.97. The molecular weight excluding hydrogens is 242 g/mol. The van der Waals surface area contributed by atoms with E-state index >= 15 is 0 Å². The topological polar surface area (TPSA) is 66.4 Å². The Labute approximate surface area is 112 Å². The number of carbonyl (C=O) groups excluding carboxylic acids is 1. The van der Waals surface area contributed by atoms with Gasteiger partial charge in [0.05, 0.1) is 5.92 Å². The van der Waals surface area contributed by atoms with E-state index in [0.717, 1.165) is 17.5 Å². The van der Waals surface area contributed by atoms with E-state index in [1.165, 1.54) is 0 Å². The van der Waals surface area contributed by atoms with Crippen molar-refractivity contribution in [2.24, 2.45) is 5.92 Å². The number of amides is 1. The fourth-order valence-electron chi connectivity index (χ4n) is 2.49. The molecule has 0 spiro atoms. The summed E-state index contributed by atoms with van der Waals surface area (Å²) >= 11 is 0. The summed E-state index contributed by atoms with van der Waals surface area (Å²) in [6, 6.07) is 5.59. The van der Waals surface area contributed by atoms with Gasteiger partial charge in [0.25, 0.3) is 5.91 Å². The molecule has 2 unspecified atom stereocenters. The third-order valence-electron chi connectivity index (χ3n) is 3.89. The second-order valence-electron chi connectivity index (χ2n) is 5.32. The van der Waals surface area contributed by atoms with Gasteiger partial charge >= 0.3 is 5.97 Å². The zero-order chi connectivity index (χ0) is 14.0. The van der Waals surface area contributed by atoms with E-state index in [1.54, 1.807) is 6.07 Å². The van der Waals surface area contributed by atoms with Gasteiger partial charge in [0.1, 0.15) is 0 Å². The van der Waals surface area contributed by atoms with E-state index in [2.05, 4.69) is 5.32 Å². The fourth-order valence-corrected chi connectivity index (χ4v) is 2.49. The average molecular weight is 261 g/mol. The number of hydrogen-bond acceptors (Lipinski definition) is 2. The molecule has 0 radical (unpaired) electrons. The first-order valence-corrected chi connectivity index (χ1v) is 6.58. The monoisotopic (exact) mass is 261 g/mol. The number of nitrogens with one attached hydrogen (secondary N) is 1. The third-order valence-corrected chi connectivity index (χ3v) is 3.89. The summed E-state index contributed by atoms with van der Waals surface area (Å²) in [4.78, 5) is 23.0. The van der Waals surface area contributed by atoms with Gasteiger partial charge in [0, 0.05) is 11.6 Å². The quantitative estimate of drug-likeness (QED) is 0.877. The maximum absolute atomic E-state index is 12.1. The minimum Gasteiger partial charge on any atom is -0.481 e. The Morgan fingerprint density at radius 2 is 1.95 bits per heavy atom.